The van der Waals surface area contributed by atoms with Gasteiger partial charge in [-0.05, 0) is 24.5 Å². The molecule has 0 aliphatic rings. The van der Waals surface area contributed by atoms with Gasteiger partial charge in [0.2, 0.25) is 0 Å². The summed E-state index contributed by atoms with van der Waals surface area (Å²) in [6.45, 7) is 9.69. The smallest absolute Gasteiger partial charge is 0.191 e. The van der Waals surface area contributed by atoms with E-state index in [0.29, 0.717) is 12.5 Å². The summed E-state index contributed by atoms with van der Waals surface area (Å²) in [7, 11) is 0. The van der Waals surface area contributed by atoms with Crippen LogP contribution < -0.4 is 10.6 Å². The summed E-state index contributed by atoms with van der Waals surface area (Å²) < 4.78 is 2.08. The molecule has 0 saturated heterocycles. The molecule has 2 aromatic heterocycles. The zero-order valence-electron chi connectivity index (χ0n) is 18.0. The van der Waals surface area contributed by atoms with Crippen molar-refractivity contribution in [1.82, 2.24) is 30.4 Å². The lowest BCUT2D eigenvalue weighted by Crippen LogP contribution is -2.41. The van der Waals surface area contributed by atoms with E-state index in [2.05, 4.69) is 51.2 Å². The molecule has 0 amide bonds. The van der Waals surface area contributed by atoms with Gasteiger partial charge in [0.15, 0.2) is 5.96 Å². The van der Waals surface area contributed by atoms with Crippen molar-refractivity contribution in [3.05, 3.63) is 42.2 Å². The largest absolute Gasteiger partial charge is 0.356 e. The number of halogens is 1. The number of aryl methyl sites for hydroxylation is 1. The first-order valence-electron chi connectivity index (χ1n) is 10.6. The average Bonchev–Trinajstić information content (AvgIpc) is 3.19. The van der Waals surface area contributed by atoms with Crippen LogP contribution in [0.1, 0.15) is 58.0 Å². The van der Waals surface area contributed by atoms with Crippen molar-refractivity contribution in [3.63, 3.8) is 0 Å². The number of nitrogens with zero attached hydrogens (tertiary/aromatic N) is 5. The average molecular weight is 513 g/mol. The molecule has 2 N–H and O–H groups in total. The van der Waals surface area contributed by atoms with Crippen LogP contribution in [0.4, 0.5) is 0 Å². The monoisotopic (exact) mass is 513 g/mol. The lowest BCUT2D eigenvalue weighted by Gasteiger charge is -2.18. The van der Waals surface area contributed by atoms with Crippen molar-refractivity contribution in [2.45, 2.75) is 66.0 Å². The van der Waals surface area contributed by atoms with Crippen molar-refractivity contribution in [3.8, 4) is 0 Å². The molecule has 1 atom stereocenters. The number of nitrogens with one attached hydrogen (secondary N) is 2. The number of hydrogen-bond donors (Lipinski definition) is 2. The van der Waals surface area contributed by atoms with Crippen LogP contribution >= 0.6 is 24.0 Å². The molecule has 0 aliphatic heterocycles. The number of guanidine groups is 1. The number of hydrogen-bond acceptors (Lipinski definition) is 4. The Morgan fingerprint density at radius 3 is 2.76 bits per heavy atom. The van der Waals surface area contributed by atoms with E-state index in [1.54, 1.807) is 6.33 Å². The SMILES string of the molecule is CCCCC(CC)CNC(=NCc1ccccn1)NCCn1cnnc1CC.I. The fraction of sp³-hybridized carbons (Fsp3) is 0.619. The van der Waals surface area contributed by atoms with E-state index in [0.717, 1.165) is 43.5 Å². The van der Waals surface area contributed by atoms with Crippen LogP contribution in [0.15, 0.2) is 35.7 Å². The van der Waals surface area contributed by atoms with Crippen molar-refractivity contribution in [2.24, 2.45) is 10.9 Å². The summed E-state index contributed by atoms with van der Waals surface area (Å²) in [6, 6.07) is 5.92. The highest BCUT2D eigenvalue weighted by atomic mass is 127. The second-order valence-electron chi connectivity index (χ2n) is 7.00. The van der Waals surface area contributed by atoms with Crippen molar-refractivity contribution in [2.75, 3.05) is 13.1 Å². The zero-order chi connectivity index (χ0) is 20.0. The highest BCUT2D eigenvalue weighted by molar-refractivity contribution is 14.0. The summed E-state index contributed by atoms with van der Waals surface area (Å²) in [4.78, 5) is 9.10. The minimum absolute atomic E-state index is 0. The summed E-state index contributed by atoms with van der Waals surface area (Å²) >= 11 is 0. The Morgan fingerprint density at radius 1 is 1.21 bits per heavy atom. The lowest BCUT2D eigenvalue weighted by atomic mass is 9.99. The van der Waals surface area contributed by atoms with E-state index < -0.39 is 0 Å². The van der Waals surface area contributed by atoms with Gasteiger partial charge < -0.3 is 15.2 Å². The third-order valence-corrected chi connectivity index (χ3v) is 4.88. The number of aliphatic imine (C=N–C) groups is 1. The fourth-order valence-corrected chi connectivity index (χ4v) is 3.04. The first-order valence-corrected chi connectivity index (χ1v) is 10.6. The molecule has 162 valence electrons. The predicted molar refractivity (Wildman–Crippen MR) is 130 cm³/mol. The Hall–Kier alpha value is -1.71. The van der Waals surface area contributed by atoms with Gasteiger partial charge in [-0.2, -0.15) is 0 Å². The number of pyridine rings is 1. The van der Waals surface area contributed by atoms with Crippen LogP contribution in [0.2, 0.25) is 0 Å². The van der Waals surface area contributed by atoms with Gasteiger partial charge in [0.05, 0.1) is 12.2 Å². The van der Waals surface area contributed by atoms with Crippen molar-refractivity contribution >= 4 is 29.9 Å². The van der Waals surface area contributed by atoms with Crippen molar-refractivity contribution in [1.29, 1.82) is 0 Å². The number of aromatic nitrogens is 4. The molecule has 0 aliphatic carbocycles. The van der Waals surface area contributed by atoms with E-state index in [4.69, 9.17) is 4.99 Å². The molecular weight excluding hydrogens is 477 g/mol. The first-order chi connectivity index (χ1) is 13.8. The van der Waals surface area contributed by atoms with Gasteiger partial charge in [-0.25, -0.2) is 4.99 Å². The third-order valence-electron chi connectivity index (χ3n) is 4.88. The van der Waals surface area contributed by atoms with Gasteiger partial charge in [0.1, 0.15) is 12.2 Å². The Labute approximate surface area is 192 Å². The van der Waals surface area contributed by atoms with Gasteiger partial charge >= 0.3 is 0 Å². The van der Waals surface area contributed by atoms with E-state index in [1.165, 1.54) is 25.7 Å². The van der Waals surface area contributed by atoms with E-state index in [1.807, 2.05) is 24.4 Å². The Morgan fingerprint density at radius 2 is 2.07 bits per heavy atom. The third kappa shape index (κ3) is 9.56. The maximum atomic E-state index is 4.73. The summed E-state index contributed by atoms with van der Waals surface area (Å²) in [5, 5.41) is 15.1. The van der Waals surface area contributed by atoms with E-state index in [-0.39, 0.29) is 24.0 Å². The molecular formula is C21H36IN7. The Kier molecular flexibility index (Phi) is 13.3. The highest BCUT2D eigenvalue weighted by Gasteiger charge is 2.08. The molecule has 7 nitrogen and oxygen atoms in total. The van der Waals surface area contributed by atoms with E-state index >= 15 is 0 Å². The summed E-state index contributed by atoms with van der Waals surface area (Å²) in [5.41, 5.74) is 0.966. The Balaban J connectivity index is 0.00000420. The molecule has 0 aromatic carbocycles. The molecule has 29 heavy (non-hydrogen) atoms. The maximum absolute atomic E-state index is 4.73. The van der Waals surface area contributed by atoms with Gasteiger partial charge in [-0.1, -0.05) is 46.1 Å². The minimum Gasteiger partial charge on any atom is -0.356 e. The molecule has 8 heteroatoms. The molecule has 2 aromatic rings. The molecule has 1 unspecified atom stereocenters. The quantitative estimate of drug-likeness (QED) is 0.257. The van der Waals surface area contributed by atoms with Crippen molar-refractivity contribution < 1.29 is 0 Å². The first kappa shape index (κ1) is 25.3. The number of rotatable bonds is 12. The van der Waals surface area contributed by atoms with Gasteiger partial charge in [0, 0.05) is 32.3 Å². The topological polar surface area (TPSA) is 80.0 Å². The Bertz CT molecular complexity index is 687. The van der Waals surface area contributed by atoms with Crippen LogP contribution in [0.25, 0.3) is 0 Å². The molecule has 2 rings (SSSR count). The number of unbranched alkanes of at least 4 members (excludes halogenated alkanes) is 1. The lowest BCUT2D eigenvalue weighted by molar-refractivity contribution is 0.443. The summed E-state index contributed by atoms with van der Waals surface area (Å²) in [5.74, 6) is 2.52. The predicted octanol–water partition coefficient (Wildman–Crippen LogP) is 3.81. The molecule has 0 saturated carbocycles. The molecule has 0 radical (unpaired) electrons. The van der Waals surface area contributed by atoms with Crippen LogP contribution in [-0.4, -0.2) is 38.8 Å². The molecule has 0 spiro atoms. The maximum Gasteiger partial charge on any atom is 0.191 e. The highest BCUT2D eigenvalue weighted by Crippen LogP contribution is 2.11. The molecule has 0 fully saturated rings. The molecule has 0 bridgehead atoms. The normalized spacial score (nSPS) is 12.3. The van der Waals surface area contributed by atoms with Gasteiger partial charge in [0.25, 0.3) is 0 Å². The summed E-state index contributed by atoms with van der Waals surface area (Å²) in [6.07, 6.45) is 9.44. The van der Waals surface area contributed by atoms with Crippen LogP contribution in [0.3, 0.4) is 0 Å². The van der Waals surface area contributed by atoms with E-state index in [9.17, 15) is 0 Å². The van der Waals surface area contributed by atoms with Crippen LogP contribution in [-0.2, 0) is 19.5 Å². The fourth-order valence-electron chi connectivity index (χ4n) is 3.04. The molecule has 2 heterocycles. The van der Waals surface area contributed by atoms with Gasteiger partial charge in [-0.15, -0.1) is 34.2 Å². The second kappa shape index (κ2) is 15.2. The van der Waals surface area contributed by atoms with Crippen LogP contribution in [0, 0.1) is 5.92 Å². The minimum atomic E-state index is 0. The van der Waals surface area contributed by atoms with Crippen LogP contribution in [0.5, 0.6) is 0 Å². The standard InChI is InChI=1S/C21H35N7.HI/c1-4-7-10-18(5-2)15-24-21(25-16-19-11-8-9-12-22-19)23-13-14-28-17-26-27-20(28)6-3;/h8-9,11-12,17-18H,4-7,10,13-16H2,1-3H3,(H2,23,24,25);1H. The zero-order valence-corrected chi connectivity index (χ0v) is 20.3. The second-order valence-corrected chi connectivity index (χ2v) is 7.00. The van der Waals surface area contributed by atoms with Gasteiger partial charge in [-0.3, -0.25) is 4.98 Å².